The fourth-order valence-corrected chi connectivity index (χ4v) is 0.846. The molecule has 8 heteroatoms. The molecular formula is C6H12N2O6. The zero-order valence-corrected chi connectivity index (χ0v) is 7.12. The third kappa shape index (κ3) is 1.99. The molecule has 0 aliphatic carbocycles. The van der Waals surface area contributed by atoms with Gasteiger partial charge in [0, 0.05) is 6.54 Å². The van der Waals surface area contributed by atoms with Crippen molar-refractivity contribution >= 4 is 11.9 Å². The molecule has 0 saturated carbocycles. The molecule has 0 aromatic heterocycles. The second-order valence-corrected chi connectivity index (χ2v) is 2.71. The van der Waals surface area contributed by atoms with Gasteiger partial charge < -0.3 is 31.9 Å². The third-order valence-electron chi connectivity index (χ3n) is 1.81. The zero-order chi connectivity index (χ0) is 11.5. The number of aliphatic hydroxyl groups excluding tert-OH is 1. The smallest absolute Gasteiger partial charge is 0.340 e. The first-order valence-corrected chi connectivity index (χ1v) is 3.60. The van der Waals surface area contributed by atoms with Gasteiger partial charge in [-0.1, -0.05) is 0 Å². The molecule has 0 heterocycles. The van der Waals surface area contributed by atoms with Crippen LogP contribution in [0.4, 0.5) is 0 Å². The van der Waals surface area contributed by atoms with E-state index in [1.807, 2.05) is 0 Å². The van der Waals surface area contributed by atoms with Crippen LogP contribution in [0.3, 0.4) is 0 Å². The molecule has 0 bridgehead atoms. The van der Waals surface area contributed by atoms with Gasteiger partial charge in [-0.25, -0.2) is 9.59 Å². The van der Waals surface area contributed by atoms with Gasteiger partial charge in [0.15, 0.2) is 6.10 Å². The minimum Gasteiger partial charge on any atom is -0.479 e. The predicted octanol–water partition coefficient (Wildman–Crippen LogP) is -3.47. The molecule has 0 saturated heterocycles. The van der Waals surface area contributed by atoms with Crippen LogP contribution < -0.4 is 11.5 Å². The summed E-state index contributed by atoms with van der Waals surface area (Å²) in [5.74, 6) is -3.83. The van der Waals surface area contributed by atoms with Gasteiger partial charge in [-0.3, -0.25) is 0 Å². The Morgan fingerprint density at radius 2 is 1.79 bits per heavy atom. The molecule has 3 atom stereocenters. The van der Waals surface area contributed by atoms with E-state index in [1.54, 1.807) is 0 Å². The van der Waals surface area contributed by atoms with Crippen molar-refractivity contribution in [3.05, 3.63) is 0 Å². The first-order valence-electron chi connectivity index (χ1n) is 3.60. The van der Waals surface area contributed by atoms with Gasteiger partial charge in [-0.2, -0.15) is 0 Å². The lowest BCUT2D eigenvalue weighted by molar-refractivity contribution is -0.186. The largest absolute Gasteiger partial charge is 0.479 e. The van der Waals surface area contributed by atoms with Gasteiger partial charge in [0.1, 0.15) is 0 Å². The molecule has 0 aromatic carbocycles. The van der Waals surface area contributed by atoms with Crippen molar-refractivity contribution in [2.45, 2.75) is 17.7 Å². The second kappa shape index (κ2) is 4.33. The molecule has 0 spiro atoms. The number of aliphatic carboxylic acids is 2. The highest BCUT2D eigenvalue weighted by Gasteiger charge is 2.52. The van der Waals surface area contributed by atoms with Crippen LogP contribution in [0.2, 0.25) is 0 Å². The van der Waals surface area contributed by atoms with E-state index < -0.39 is 36.2 Å². The summed E-state index contributed by atoms with van der Waals surface area (Å²) >= 11 is 0. The average Bonchev–Trinajstić information content (AvgIpc) is 2.13. The van der Waals surface area contributed by atoms with Crippen molar-refractivity contribution in [1.29, 1.82) is 0 Å². The summed E-state index contributed by atoms with van der Waals surface area (Å²) in [7, 11) is 0. The summed E-state index contributed by atoms with van der Waals surface area (Å²) in [4.78, 5) is 20.9. The number of carboxylic acid groups (broad SMARTS) is 2. The lowest BCUT2D eigenvalue weighted by atomic mass is 9.88. The molecule has 0 aliphatic rings. The van der Waals surface area contributed by atoms with Gasteiger partial charge in [0.2, 0.25) is 5.60 Å². The Morgan fingerprint density at radius 3 is 2.00 bits per heavy atom. The number of hydrogen-bond acceptors (Lipinski definition) is 6. The van der Waals surface area contributed by atoms with E-state index in [0.29, 0.717) is 0 Å². The zero-order valence-electron chi connectivity index (χ0n) is 7.12. The van der Waals surface area contributed by atoms with Crippen LogP contribution in [0.1, 0.15) is 0 Å². The van der Waals surface area contributed by atoms with E-state index >= 15 is 0 Å². The summed E-state index contributed by atoms with van der Waals surface area (Å²) in [5, 5.41) is 35.2. The average molecular weight is 208 g/mol. The Balaban J connectivity index is 5.09. The normalized spacial score (nSPS) is 19.4. The van der Waals surface area contributed by atoms with E-state index in [4.69, 9.17) is 26.8 Å². The molecule has 8 N–H and O–H groups in total. The quantitative estimate of drug-likeness (QED) is 0.271. The molecule has 8 nitrogen and oxygen atoms in total. The summed E-state index contributed by atoms with van der Waals surface area (Å²) in [6.45, 7) is -0.479. The third-order valence-corrected chi connectivity index (χ3v) is 1.81. The van der Waals surface area contributed by atoms with Crippen LogP contribution in [0.25, 0.3) is 0 Å². The van der Waals surface area contributed by atoms with Crippen molar-refractivity contribution in [3.63, 3.8) is 0 Å². The Labute approximate surface area is 78.7 Å². The summed E-state index contributed by atoms with van der Waals surface area (Å²) in [5.41, 5.74) is 7.11. The number of carbonyl (C=O) groups is 2. The Hall–Kier alpha value is -1.22. The molecule has 3 unspecified atom stereocenters. The maximum Gasteiger partial charge on any atom is 0.340 e. The highest BCUT2D eigenvalue weighted by atomic mass is 16.4. The number of carboxylic acids is 2. The highest BCUT2D eigenvalue weighted by Crippen LogP contribution is 2.15. The summed E-state index contributed by atoms with van der Waals surface area (Å²) in [6, 6.07) is -1.58. The monoisotopic (exact) mass is 208 g/mol. The standard InChI is InChI=1S/C6H12N2O6/c7-1-2(8)6(14,5(12)13)3(9)4(10)11/h2-3,9,14H,1,7-8H2,(H,10,11)(H,12,13). The van der Waals surface area contributed by atoms with Crippen molar-refractivity contribution in [3.8, 4) is 0 Å². The molecule has 0 aromatic rings. The van der Waals surface area contributed by atoms with Crippen LogP contribution in [-0.2, 0) is 9.59 Å². The molecule has 0 aliphatic heterocycles. The SMILES string of the molecule is NCC(N)C(O)(C(=O)O)C(O)C(=O)O. The van der Waals surface area contributed by atoms with E-state index in [1.165, 1.54) is 0 Å². The lowest BCUT2D eigenvalue weighted by Crippen LogP contribution is -2.65. The fourth-order valence-electron chi connectivity index (χ4n) is 0.846. The Morgan fingerprint density at radius 1 is 1.36 bits per heavy atom. The molecule has 0 rings (SSSR count). The summed E-state index contributed by atoms with van der Waals surface area (Å²) < 4.78 is 0. The Bertz CT molecular complexity index is 244. The fraction of sp³-hybridized carbons (Fsp3) is 0.667. The maximum atomic E-state index is 10.6. The second-order valence-electron chi connectivity index (χ2n) is 2.71. The van der Waals surface area contributed by atoms with E-state index in [9.17, 15) is 14.7 Å². The lowest BCUT2D eigenvalue weighted by Gasteiger charge is -2.30. The van der Waals surface area contributed by atoms with Gasteiger partial charge in [-0.15, -0.1) is 0 Å². The minimum atomic E-state index is -2.99. The van der Waals surface area contributed by atoms with Crippen LogP contribution in [0, 0.1) is 0 Å². The Kier molecular flexibility index (Phi) is 3.95. The van der Waals surface area contributed by atoms with Crippen LogP contribution >= 0.6 is 0 Å². The molecule has 82 valence electrons. The predicted molar refractivity (Wildman–Crippen MR) is 43.3 cm³/mol. The van der Waals surface area contributed by atoms with E-state index in [0.717, 1.165) is 0 Å². The molecule has 14 heavy (non-hydrogen) atoms. The number of hydrogen-bond donors (Lipinski definition) is 6. The van der Waals surface area contributed by atoms with Crippen LogP contribution in [0.15, 0.2) is 0 Å². The van der Waals surface area contributed by atoms with Crippen molar-refractivity contribution in [2.24, 2.45) is 11.5 Å². The first-order chi connectivity index (χ1) is 6.28. The van der Waals surface area contributed by atoms with Crippen LogP contribution in [-0.4, -0.2) is 56.7 Å². The van der Waals surface area contributed by atoms with Crippen LogP contribution in [0.5, 0.6) is 0 Å². The molecule has 0 radical (unpaired) electrons. The van der Waals surface area contributed by atoms with Gasteiger partial charge in [0.05, 0.1) is 6.04 Å². The first kappa shape index (κ1) is 12.8. The van der Waals surface area contributed by atoms with E-state index in [-0.39, 0.29) is 0 Å². The topological polar surface area (TPSA) is 167 Å². The van der Waals surface area contributed by atoms with Crippen molar-refractivity contribution < 1.29 is 30.0 Å². The number of rotatable bonds is 5. The van der Waals surface area contributed by atoms with Crippen molar-refractivity contribution in [2.75, 3.05) is 6.54 Å². The molecule has 0 fully saturated rings. The van der Waals surface area contributed by atoms with Gasteiger partial charge >= 0.3 is 11.9 Å². The van der Waals surface area contributed by atoms with E-state index in [2.05, 4.69) is 0 Å². The van der Waals surface area contributed by atoms with Gasteiger partial charge in [-0.05, 0) is 0 Å². The minimum absolute atomic E-state index is 0.479. The molecule has 0 amide bonds. The van der Waals surface area contributed by atoms with Gasteiger partial charge in [0.25, 0.3) is 0 Å². The number of aliphatic hydroxyl groups is 2. The summed E-state index contributed by atoms with van der Waals surface area (Å²) in [6.07, 6.45) is -2.53. The highest BCUT2D eigenvalue weighted by molar-refractivity contribution is 5.87. The molecular weight excluding hydrogens is 196 g/mol. The maximum absolute atomic E-state index is 10.6. The number of nitrogens with two attached hydrogens (primary N) is 2. The van der Waals surface area contributed by atoms with Crippen molar-refractivity contribution in [1.82, 2.24) is 0 Å².